The lowest BCUT2D eigenvalue weighted by molar-refractivity contribution is 0.0697. The van der Waals surface area contributed by atoms with Gasteiger partial charge >= 0.3 is 5.97 Å². The number of rotatable bonds is 6. The first-order valence-corrected chi connectivity index (χ1v) is 12.1. The number of carboxylic acid groups (broad SMARTS) is 1. The van der Waals surface area contributed by atoms with E-state index in [-0.39, 0.29) is 22.0 Å². The van der Waals surface area contributed by atoms with Crippen molar-refractivity contribution in [2.45, 2.75) is 19.9 Å². The maximum absolute atomic E-state index is 13.5. The highest BCUT2D eigenvalue weighted by Crippen LogP contribution is 2.29. The number of aromatic nitrogens is 4. The molecule has 5 rings (SSSR count). The molecular weight excluding hydrogens is 513 g/mol. The van der Waals surface area contributed by atoms with Gasteiger partial charge in [0.15, 0.2) is 5.82 Å². The molecule has 186 valence electrons. The normalized spacial score (nSPS) is 11.3. The molecule has 0 fully saturated rings. The maximum Gasteiger partial charge on any atom is 0.341 e. The van der Waals surface area contributed by atoms with Gasteiger partial charge < -0.3 is 9.51 Å². The van der Waals surface area contributed by atoms with Crippen LogP contribution in [0, 0.1) is 0 Å². The minimum absolute atomic E-state index is 0.0166. The van der Waals surface area contributed by atoms with Gasteiger partial charge in [0.1, 0.15) is 11.2 Å². The van der Waals surface area contributed by atoms with Crippen molar-refractivity contribution in [1.29, 1.82) is 0 Å². The molecule has 0 bridgehead atoms. The zero-order valence-electron chi connectivity index (χ0n) is 19.8. The second kappa shape index (κ2) is 9.72. The van der Waals surface area contributed by atoms with E-state index in [9.17, 15) is 14.7 Å². The number of imidazole rings is 1. The SMILES string of the molecule is CC(C)N(C(=O)c1ccc(Cl)cc1Cl)c1nn(-c2ccc(-c3cn4ccccc4n3)cc2)cc1C(=O)O. The van der Waals surface area contributed by atoms with Gasteiger partial charge in [-0.1, -0.05) is 41.4 Å². The van der Waals surface area contributed by atoms with Crippen LogP contribution in [0.2, 0.25) is 10.0 Å². The minimum atomic E-state index is -1.21. The number of carbonyl (C=O) groups is 2. The topological polar surface area (TPSA) is 92.7 Å². The molecule has 0 spiro atoms. The summed E-state index contributed by atoms with van der Waals surface area (Å²) in [5, 5.41) is 15.0. The van der Waals surface area contributed by atoms with E-state index in [1.165, 1.54) is 27.9 Å². The molecule has 0 aliphatic carbocycles. The lowest BCUT2D eigenvalue weighted by atomic mass is 10.1. The van der Waals surface area contributed by atoms with Crippen LogP contribution in [0.5, 0.6) is 0 Å². The molecule has 37 heavy (non-hydrogen) atoms. The monoisotopic (exact) mass is 533 g/mol. The second-order valence-corrected chi connectivity index (χ2v) is 9.49. The van der Waals surface area contributed by atoms with Crippen molar-refractivity contribution in [1.82, 2.24) is 19.2 Å². The molecule has 3 aromatic heterocycles. The van der Waals surface area contributed by atoms with Crippen LogP contribution < -0.4 is 4.90 Å². The van der Waals surface area contributed by atoms with Crippen molar-refractivity contribution in [3.63, 3.8) is 0 Å². The smallest absolute Gasteiger partial charge is 0.341 e. The standard InChI is InChI=1S/C27H21Cl2N5O3/c1-16(2)34(26(35)20-11-8-18(28)13-22(20)29)25-21(27(36)37)14-33(31-25)19-9-6-17(7-10-19)23-15-32-12-4-3-5-24(32)30-23/h3-16H,1-2H3,(H,36,37). The number of amides is 1. The number of carboxylic acids is 1. The summed E-state index contributed by atoms with van der Waals surface area (Å²) in [5.74, 6) is -1.67. The average molecular weight is 534 g/mol. The Morgan fingerprint density at radius 3 is 2.38 bits per heavy atom. The van der Waals surface area contributed by atoms with Gasteiger partial charge in [0.2, 0.25) is 0 Å². The lowest BCUT2D eigenvalue weighted by Crippen LogP contribution is -2.38. The van der Waals surface area contributed by atoms with E-state index in [1.807, 2.05) is 59.3 Å². The zero-order chi connectivity index (χ0) is 26.3. The van der Waals surface area contributed by atoms with Crippen molar-refractivity contribution in [2.75, 3.05) is 4.90 Å². The number of benzene rings is 2. The molecule has 0 saturated carbocycles. The van der Waals surface area contributed by atoms with Crippen molar-refractivity contribution in [3.05, 3.63) is 100 Å². The number of anilines is 1. The fourth-order valence-electron chi connectivity index (χ4n) is 4.05. The molecule has 0 radical (unpaired) electrons. The highest BCUT2D eigenvalue weighted by Gasteiger charge is 2.30. The predicted octanol–water partition coefficient (Wildman–Crippen LogP) is 6.25. The fourth-order valence-corrected chi connectivity index (χ4v) is 4.54. The molecular formula is C27H21Cl2N5O3. The third-order valence-corrected chi connectivity index (χ3v) is 6.39. The molecule has 0 unspecified atom stereocenters. The molecule has 10 heteroatoms. The minimum Gasteiger partial charge on any atom is -0.477 e. The number of halogens is 2. The van der Waals surface area contributed by atoms with E-state index in [4.69, 9.17) is 23.2 Å². The Hall–Kier alpha value is -4.14. The van der Waals surface area contributed by atoms with Crippen LogP contribution in [-0.4, -0.2) is 42.2 Å². The summed E-state index contributed by atoms with van der Waals surface area (Å²) in [6, 6.07) is 17.3. The summed E-state index contributed by atoms with van der Waals surface area (Å²) >= 11 is 12.3. The van der Waals surface area contributed by atoms with Crippen LogP contribution in [0.1, 0.15) is 34.6 Å². The van der Waals surface area contributed by atoms with E-state index < -0.39 is 17.9 Å². The quantitative estimate of drug-likeness (QED) is 0.278. The van der Waals surface area contributed by atoms with Crippen LogP contribution in [0.15, 0.2) is 79.3 Å². The Balaban J connectivity index is 1.52. The van der Waals surface area contributed by atoms with E-state index in [0.717, 1.165) is 16.9 Å². The first-order valence-electron chi connectivity index (χ1n) is 11.4. The van der Waals surface area contributed by atoms with Gasteiger partial charge in [-0.3, -0.25) is 9.69 Å². The van der Waals surface area contributed by atoms with Gasteiger partial charge in [-0.15, -0.1) is 5.10 Å². The van der Waals surface area contributed by atoms with Gasteiger partial charge in [-0.25, -0.2) is 14.5 Å². The van der Waals surface area contributed by atoms with E-state index in [0.29, 0.717) is 10.7 Å². The molecule has 0 saturated heterocycles. The molecule has 1 amide bonds. The first kappa shape index (κ1) is 24.5. The summed E-state index contributed by atoms with van der Waals surface area (Å²) < 4.78 is 3.38. The number of hydrogen-bond donors (Lipinski definition) is 1. The molecule has 3 heterocycles. The summed E-state index contributed by atoms with van der Waals surface area (Å²) in [6.07, 6.45) is 5.26. The van der Waals surface area contributed by atoms with Gasteiger partial charge in [-0.05, 0) is 56.3 Å². The zero-order valence-corrected chi connectivity index (χ0v) is 21.4. The van der Waals surface area contributed by atoms with Gasteiger partial charge in [0.05, 0.1) is 22.0 Å². The molecule has 0 atom stereocenters. The van der Waals surface area contributed by atoms with E-state index in [1.54, 1.807) is 19.9 Å². The molecule has 8 nitrogen and oxygen atoms in total. The maximum atomic E-state index is 13.5. The molecule has 0 aliphatic rings. The summed E-state index contributed by atoms with van der Waals surface area (Å²) in [5.41, 5.74) is 3.25. The van der Waals surface area contributed by atoms with Crippen molar-refractivity contribution in [3.8, 4) is 16.9 Å². The molecule has 2 aromatic carbocycles. The summed E-state index contributed by atoms with van der Waals surface area (Å²) in [6.45, 7) is 3.55. The summed E-state index contributed by atoms with van der Waals surface area (Å²) in [7, 11) is 0. The average Bonchev–Trinajstić information content (AvgIpc) is 3.49. The predicted molar refractivity (Wildman–Crippen MR) is 143 cm³/mol. The van der Waals surface area contributed by atoms with Crippen LogP contribution in [0.3, 0.4) is 0 Å². The Kier molecular flexibility index (Phi) is 6.45. The number of aromatic carboxylic acids is 1. The van der Waals surface area contributed by atoms with Crippen LogP contribution in [0.4, 0.5) is 5.82 Å². The fraction of sp³-hybridized carbons (Fsp3) is 0.111. The molecule has 1 N–H and O–H groups in total. The second-order valence-electron chi connectivity index (χ2n) is 8.65. The molecule has 5 aromatic rings. The number of hydrogen-bond acceptors (Lipinski definition) is 4. The van der Waals surface area contributed by atoms with Gasteiger partial charge in [0.25, 0.3) is 5.91 Å². The van der Waals surface area contributed by atoms with Gasteiger partial charge in [0, 0.05) is 35.2 Å². The highest BCUT2D eigenvalue weighted by atomic mass is 35.5. The third-order valence-electron chi connectivity index (χ3n) is 5.84. The van der Waals surface area contributed by atoms with Crippen LogP contribution in [-0.2, 0) is 0 Å². The van der Waals surface area contributed by atoms with Gasteiger partial charge in [-0.2, -0.15) is 0 Å². The summed E-state index contributed by atoms with van der Waals surface area (Å²) in [4.78, 5) is 31.6. The highest BCUT2D eigenvalue weighted by molar-refractivity contribution is 6.37. The Bertz CT molecular complexity index is 1610. The lowest BCUT2D eigenvalue weighted by Gasteiger charge is -2.25. The number of nitrogens with zero attached hydrogens (tertiary/aromatic N) is 5. The van der Waals surface area contributed by atoms with Crippen LogP contribution >= 0.6 is 23.2 Å². The Morgan fingerprint density at radius 2 is 1.73 bits per heavy atom. The number of carbonyl (C=O) groups excluding carboxylic acids is 1. The number of pyridine rings is 1. The number of fused-ring (bicyclic) bond motifs is 1. The largest absolute Gasteiger partial charge is 0.477 e. The van der Waals surface area contributed by atoms with E-state index in [2.05, 4.69) is 10.1 Å². The first-order chi connectivity index (χ1) is 17.7. The Labute approximate surface area is 222 Å². The third kappa shape index (κ3) is 4.69. The van der Waals surface area contributed by atoms with E-state index >= 15 is 0 Å². The molecule has 0 aliphatic heterocycles. The Morgan fingerprint density at radius 1 is 0.973 bits per heavy atom. The van der Waals surface area contributed by atoms with Crippen molar-refractivity contribution >= 4 is 46.5 Å². The van der Waals surface area contributed by atoms with Crippen molar-refractivity contribution < 1.29 is 14.7 Å². The van der Waals surface area contributed by atoms with Crippen LogP contribution in [0.25, 0.3) is 22.6 Å². The van der Waals surface area contributed by atoms with Crippen molar-refractivity contribution in [2.24, 2.45) is 0 Å².